The van der Waals surface area contributed by atoms with Crippen molar-refractivity contribution in [1.29, 1.82) is 0 Å². The van der Waals surface area contributed by atoms with Crippen LogP contribution in [0.5, 0.6) is 0 Å². The lowest BCUT2D eigenvalue weighted by atomic mass is 10.1. The molecule has 0 heterocycles. The van der Waals surface area contributed by atoms with Gasteiger partial charge in [0.1, 0.15) is 0 Å². The Labute approximate surface area is 70.6 Å². The Morgan fingerprint density at radius 1 is 1.36 bits per heavy atom. The van der Waals surface area contributed by atoms with E-state index in [1.165, 1.54) is 5.56 Å². The van der Waals surface area contributed by atoms with Gasteiger partial charge in [-0.15, -0.1) is 0 Å². The maximum atomic E-state index is 9.32. The van der Waals surface area contributed by atoms with E-state index in [1.54, 1.807) is 0 Å². The second-order valence-electron chi connectivity index (χ2n) is 2.94. The van der Waals surface area contributed by atoms with Gasteiger partial charge in [0.05, 0.1) is 6.10 Å². The van der Waals surface area contributed by atoms with Crippen molar-refractivity contribution in [2.45, 2.75) is 18.9 Å². The Morgan fingerprint density at radius 2 is 2.18 bits per heavy atom. The Balaban J connectivity index is 2.49. The fraction of sp³-hybridized carbons (Fsp3) is 0.333. The monoisotopic (exact) mass is 168 g/mol. The first-order chi connectivity index (χ1) is 5.27. The van der Waals surface area contributed by atoms with Crippen molar-refractivity contribution in [2.75, 3.05) is 0 Å². The molecule has 0 fully saturated rings. The van der Waals surface area contributed by atoms with Gasteiger partial charge in [0.15, 0.2) is 0 Å². The van der Waals surface area contributed by atoms with Crippen molar-refractivity contribution < 1.29 is 5.11 Å². The molecule has 0 spiro atoms. The minimum atomic E-state index is -0.218. The number of aliphatic hydroxyl groups excluding tert-OH is 1. The standard InChI is InChI=1S/C9H9ClO/c10-9-3-1-2-6-4-7(11)5-8(6)9/h1-3,7,11H,4-5H2/t7-/m0/s1. The van der Waals surface area contributed by atoms with E-state index >= 15 is 0 Å². The molecule has 0 aliphatic heterocycles. The highest BCUT2D eigenvalue weighted by Crippen LogP contribution is 2.28. The van der Waals surface area contributed by atoms with Gasteiger partial charge in [0.2, 0.25) is 0 Å². The zero-order chi connectivity index (χ0) is 7.84. The van der Waals surface area contributed by atoms with Crippen LogP contribution >= 0.6 is 11.6 Å². The zero-order valence-corrected chi connectivity index (χ0v) is 6.80. The normalized spacial score (nSPS) is 21.8. The van der Waals surface area contributed by atoms with E-state index in [0.717, 1.165) is 23.4 Å². The zero-order valence-electron chi connectivity index (χ0n) is 6.05. The summed E-state index contributed by atoms with van der Waals surface area (Å²) in [4.78, 5) is 0. The van der Waals surface area contributed by atoms with Gasteiger partial charge >= 0.3 is 0 Å². The van der Waals surface area contributed by atoms with Gasteiger partial charge in [-0.05, 0) is 23.6 Å². The molecule has 0 amide bonds. The van der Waals surface area contributed by atoms with Crippen LogP contribution in [0.25, 0.3) is 0 Å². The predicted molar refractivity (Wildman–Crippen MR) is 44.9 cm³/mol. The summed E-state index contributed by atoms with van der Waals surface area (Å²) in [6, 6.07) is 5.83. The summed E-state index contributed by atoms with van der Waals surface area (Å²) < 4.78 is 0. The van der Waals surface area contributed by atoms with E-state index in [-0.39, 0.29) is 6.10 Å². The smallest absolute Gasteiger partial charge is 0.0621 e. The van der Waals surface area contributed by atoms with Crippen molar-refractivity contribution in [3.05, 3.63) is 34.3 Å². The average molecular weight is 169 g/mol. The van der Waals surface area contributed by atoms with Crippen LogP contribution in [-0.4, -0.2) is 11.2 Å². The molecule has 2 heteroatoms. The van der Waals surface area contributed by atoms with Gasteiger partial charge in [-0.25, -0.2) is 0 Å². The molecule has 0 aromatic heterocycles. The maximum absolute atomic E-state index is 9.32. The second-order valence-corrected chi connectivity index (χ2v) is 3.35. The summed E-state index contributed by atoms with van der Waals surface area (Å²) in [6.45, 7) is 0. The van der Waals surface area contributed by atoms with Gasteiger partial charge in [-0.1, -0.05) is 23.7 Å². The Morgan fingerprint density at radius 3 is 2.91 bits per heavy atom. The first-order valence-corrected chi connectivity index (χ1v) is 4.09. The highest BCUT2D eigenvalue weighted by Gasteiger charge is 2.20. The number of aliphatic hydroxyl groups is 1. The number of halogens is 1. The molecule has 1 N–H and O–H groups in total. The summed E-state index contributed by atoms with van der Waals surface area (Å²) in [5, 5.41) is 10.1. The molecule has 58 valence electrons. The lowest BCUT2D eigenvalue weighted by molar-refractivity contribution is 0.187. The van der Waals surface area contributed by atoms with Crippen molar-refractivity contribution in [2.24, 2.45) is 0 Å². The third-order valence-electron chi connectivity index (χ3n) is 2.11. The van der Waals surface area contributed by atoms with Crippen LogP contribution in [0, 0.1) is 0 Å². The molecule has 0 bridgehead atoms. The van der Waals surface area contributed by atoms with Gasteiger partial charge in [0.25, 0.3) is 0 Å². The van der Waals surface area contributed by atoms with E-state index in [4.69, 9.17) is 11.6 Å². The SMILES string of the molecule is O[C@H]1Cc2cccc(Cl)c2C1. The van der Waals surface area contributed by atoms with E-state index in [2.05, 4.69) is 0 Å². The number of benzene rings is 1. The van der Waals surface area contributed by atoms with Gasteiger partial charge < -0.3 is 5.11 Å². The molecule has 0 saturated carbocycles. The minimum Gasteiger partial charge on any atom is -0.392 e. The number of rotatable bonds is 0. The molecule has 1 nitrogen and oxygen atoms in total. The summed E-state index contributed by atoms with van der Waals surface area (Å²) >= 11 is 5.92. The maximum Gasteiger partial charge on any atom is 0.0621 e. The van der Waals surface area contributed by atoms with Gasteiger partial charge in [-0.2, -0.15) is 0 Å². The van der Waals surface area contributed by atoms with Crippen LogP contribution in [0.2, 0.25) is 5.02 Å². The van der Waals surface area contributed by atoms with Gasteiger partial charge in [-0.3, -0.25) is 0 Å². The summed E-state index contributed by atoms with van der Waals surface area (Å²) in [7, 11) is 0. The van der Waals surface area contributed by atoms with Crippen LogP contribution in [0.1, 0.15) is 11.1 Å². The Bertz CT molecular complexity index is 283. The van der Waals surface area contributed by atoms with Crippen LogP contribution in [0.3, 0.4) is 0 Å². The number of hydrogen-bond donors (Lipinski definition) is 1. The van der Waals surface area contributed by atoms with Crippen molar-refractivity contribution in [1.82, 2.24) is 0 Å². The molecule has 1 atom stereocenters. The largest absolute Gasteiger partial charge is 0.392 e. The van der Waals surface area contributed by atoms with E-state index in [1.807, 2.05) is 18.2 Å². The minimum absolute atomic E-state index is 0.218. The van der Waals surface area contributed by atoms with Crippen molar-refractivity contribution >= 4 is 11.6 Å². The Kier molecular flexibility index (Phi) is 1.63. The lowest BCUT2D eigenvalue weighted by Gasteiger charge is -1.98. The third-order valence-corrected chi connectivity index (χ3v) is 2.47. The predicted octanol–water partition coefficient (Wildman–Crippen LogP) is 1.80. The van der Waals surface area contributed by atoms with Crippen LogP contribution in [0.15, 0.2) is 18.2 Å². The van der Waals surface area contributed by atoms with Crippen LogP contribution < -0.4 is 0 Å². The summed E-state index contributed by atoms with van der Waals surface area (Å²) in [6.07, 6.45) is 1.26. The second kappa shape index (κ2) is 2.50. The first kappa shape index (κ1) is 7.14. The van der Waals surface area contributed by atoms with Crippen molar-refractivity contribution in [3.8, 4) is 0 Å². The van der Waals surface area contributed by atoms with E-state index in [9.17, 15) is 5.11 Å². The molecule has 1 aliphatic rings. The van der Waals surface area contributed by atoms with Crippen LogP contribution in [0.4, 0.5) is 0 Å². The summed E-state index contributed by atoms with van der Waals surface area (Å²) in [5.41, 5.74) is 2.33. The topological polar surface area (TPSA) is 20.2 Å². The quantitative estimate of drug-likeness (QED) is 0.627. The van der Waals surface area contributed by atoms with Crippen molar-refractivity contribution in [3.63, 3.8) is 0 Å². The highest BCUT2D eigenvalue weighted by molar-refractivity contribution is 6.31. The lowest BCUT2D eigenvalue weighted by Crippen LogP contribution is -2.03. The summed E-state index contributed by atoms with van der Waals surface area (Å²) in [5.74, 6) is 0. The number of fused-ring (bicyclic) bond motifs is 1. The van der Waals surface area contributed by atoms with Crippen LogP contribution in [-0.2, 0) is 12.8 Å². The molecule has 0 radical (unpaired) electrons. The van der Waals surface area contributed by atoms with Gasteiger partial charge in [0, 0.05) is 11.4 Å². The fourth-order valence-corrected chi connectivity index (χ4v) is 1.86. The molecule has 1 aromatic carbocycles. The molecule has 1 aliphatic carbocycles. The molecule has 0 unspecified atom stereocenters. The highest BCUT2D eigenvalue weighted by atomic mass is 35.5. The first-order valence-electron chi connectivity index (χ1n) is 3.71. The third kappa shape index (κ3) is 1.15. The fourth-order valence-electron chi connectivity index (χ4n) is 1.58. The van der Waals surface area contributed by atoms with E-state index < -0.39 is 0 Å². The van der Waals surface area contributed by atoms with E-state index in [0.29, 0.717) is 0 Å². The molecule has 2 rings (SSSR count). The number of hydrogen-bond acceptors (Lipinski definition) is 1. The average Bonchev–Trinajstić information content (AvgIpc) is 2.31. The Hall–Kier alpha value is -0.530. The molecule has 0 saturated heterocycles. The molecule has 11 heavy (non-hydrogen) atoms. The molecular weight excluding hydrogens is 160 g/mol. The molecule has 1 aromatic rings. The molecular formula is C9H9ClO.